The van der Waals surface area contributed by atoms with Gasteiger partial charge >= 0.3 is 5.97 Å². The zero-order valence-electron chi connectivity index (χ0n) is 13.0. The zero-order valence-corrected chi connectivity index (χ0v) is 13.0. The van der Waals surface area contributed by atoms with Crippen molar-refractivity contribution in [2.75, 3.05) is 0 Å². The van der Waals surface area contributed by atoms with Crippen LogP contribution in [0.2, 0.25) is 0 Å². The molecule has 1 aliphatic rings. The van der Waals surface area contributed by atoms with E-state index < -0.39 is 6.10 Å². The van der Waals surface area contributed by atoms with E-state index >= 15 is 0 Å². The molecule has 0 aromatic carbocycles. The second-order valence-corrected chi connectivity index (χ2v) is 6.61. The summed E-state index contributed by atoms with van der Waals surface area (Å²) in [4.78, 5) is 16.6. The largest absolute Gasteiger partial charge is 0.452 e. The van der Waals surface area contributed by atoms with Crippen molar-refractivity contribution in [3.8, 4) is 0 Å². The maximum absolute atomic E-state index is 12.2. The molecule has 0 bridgehead atoms. The molecule has 1 aromatic heterocycles. The Kier molecular flexibility index (Phi) is 4.16. The van der Waals surface area contributed by atoms with Crippen molar-refractivity contribution >= 4 is 5.97 Å². The molecule has 0 radical (unpaired) electrons. The Balaban J connectivity index is 2.17. The van der Waals surface area contributed by atoms with Crippen molar-refractivity contribution in [3.05, 3.63) is 11.7 Å². The SMILES string of the molecule is CCCC1C(=O)OC(c2nc(C(C)C)no2)CC1(C)C. The average Bonchev–Trinajstić information content (AvgIpc) is 2.82. The summed E-state index contributed by atoms with van der Waals surface area (Å²) in [5.41, 5.74) is -0.109. The maximum Gasteiger partial charge on any atom is 0.310 e. The van der Waals surface area contributed by atoms with Crippen LogP contribution in [0.4, 0.5) is 0 Å². The molecule has 2 atom stereocenters. The Morgan fingerprint density at radius 3 is 2.60 bits per heavy atom. The lowest BCUT2D eigenvalue weighted by Gasteiger charge is -2.39. The Morgan fingerprint density at radius 1 is 1.40 bits per heavy atom. The minimum Gasteiger partial charge on any atom is -0.452 e. The van der Waals surface area contributed by atoms with Gasteiger partial charge in [0.1, 0.15) is 0 Å². The van der Waals surface area contributed by atoms with Crippen LogP contribution >= 0.6 is 0 Å². The Bertz CT molecular complexity index is 479. The topological polar surface area (TPSA) is 65.2 Å². The quantitative estimate of drug-likeness (QED) is 0.788. The molecule has 0 N–H and O–H groups in total. The normalized spacial score (nSPS) is 25.8. The van der Waals surface area contributed by atoms with Gasteiger partial charge in [-0.1, -0.05) is 46.2 Å². The third-order valence-electron chi connectivity index (χ3n) is 4.02. The van der Waals surface area contributed by atoms with Crippen molar-refractivity contribution in [3.63, 3.8) is 0 Å². The van der Waals surface area contributed by atoms with Crippen LogP contribution in [0.3, 0.4) is 0 Å². The van der Waals surface area contributed by atoms with Crippen molar-refractivity contribution in [2.45, 2.75) is 65.9 Å². The fraction of sp³-hybridized carbons (Fsp3) is 0.800. The number of aromatic nitrogens is 2. The minimum atomic E-state index is -0.411. The number of ether oxygens (including phenoxy) is 1. The van der Waals surface area contributed by atoms with Gasteiger partial charge in [0, 0.05) is 5.92 Å². The van der Waals surface area contributed by atoms with Crippen LogP contribution in [0.1, 0.15) is 77.6 Å². The van der Waals surface area contributed by atoms with E-state index in [-0.39, 0.29) is 23.2 Å². The fourth-order valence-electron chi connectivity index (χ4n) is 2.75. The van der Waals surface area contributed by atoms with Gasteiger partial charge in [0.15, 0.2) is 11.9 Å². The van der Waals surface area contributed by atoms with Gasteiger partial charge in [-0.15, -0.1) is 0 Å². The zero-order chi connectivity index (χ0) is 14.9. The van der Waals surface area contributed by atoms with E-state index in [1.54, 1.807) is 0 Å². The molecule has 20 heavy (non-hydrogen) atoms. The minimum absolute atomic E-state index is 0.0451. The second-order valence-electron chi connectivity index (χ2n) is 6.61. The first-order chi connectivity index (χ1) is 9.35. The van der Waals surface area contributed by atoms with Gasteiger partial charge in [-0.25, -0.2) is 0 Å². The van der Waals surface area contributed by atoms with Crippen molar-refractivity contribution < 1.29 is 14.1 Å². The Labute approximate surface area is 120 Å². The number of esters is 1. The van der Waals surface area contributed by atoms with E-state index in [1.807, 2.05) is 13.8 Å². The van der Waals surface area contributed by atoms with Crippen LogP contribution in [0.25, 0.3) is 0 Å². The molecule has 1 fully saturated rings. The van der Waals surface area contributed by atoms with E-state index in [9.17, 15) is 4.79 Å². The molecule has 1 saturated heterocycles. The number of hydrogen-bond donors (Lipinski definition) is 0. The molecule has 0 amide bonds. The first-order valence-corrected chi connectivity index (χ1v) is 7.39. The van der Waals surface area contributed by atoms with Crippen LogP contribution in [0.5, 0.6) is 0 Å². The molecule has 2 heterocycles. The molecule has 0 spiro atoms. The fourth-order valence-corrected chi connectivity index (χ4v) is 2.75. The molecule has 2 rings (SSSR count). The monoisotopic (exact) mass is 280 g/mol. The summed E-state index contributed by atoms with van der Waals surface area (Å²) in [7, 11) is 0. The summed E-state index contributed by atoms with van der Waals surface area (Å²) >= 11 is 0. The summed E-state index contributed by atoms with van der Waals surface area (Å²) in [6, 6.07) is 0. The number of carbonyl (C=O) groups is 1. The molecular formula is C15H24N2O3. The molecular weight excluding hydrogens is 256 g/mol. The van der Waals surface area contributed by atoms with E-state index in [1.165, 1.54) is 0 Å². The summed E-state index contributed by atoms with van der Waals surface area (Å²) in [6.45, 7) is 10.3. The lowest BCUT2D eigenvalue weighted by atomic mass is 9.71. The predicted molar refractivity (Wildman–Crippen MR) is 74.0 cm³/mol. The van der Waals surface area contributed by atoms with E-state index in [0.29, 0.717) is 11.7 Å². The number of carbonyl (C=O) groups excluding carboxylic acids is 1. The van der Waals surface area contributed by atoms with Crippen LogP contribution in [0, 0.1) is 11.3 Å². The van der Waals surface area contributed by atoms with Gasteiger partial charge < -0.3 is 9.26 Å². The standard InChI is InChI=1S/C15H24N2O3/c1-6-7-10-14(18)19-11(8-15(10,4)5)13-16-12(9(2)3)17-20-13/h9-11H,6-8H2,1-5H3. The van der Waals surface area contributed by atoms with Gasteiger partial charge in [-0.05, 0) is 18.3 Å². The highest BCUT2D eigenvalue weighted by atomic mass is 16.6. The van der Waals surface area contributed by atoms with Crippen LogP contribution in [-0.4, -0.2) is 16.1 Å². The summed E-state index contributed by atoms with van der Waals surface area (Å²) < 4.78 is 10.8. The van der Waals surface area contributed by atoms with Crippen LogP contribution in [0.15, 0.2) is 4.52 Å². The molecule has 112 valence electrons. The van der Waals surface area contributed by atoms with E-state index in [4.69, 9.17) is 9.26 Å². The van der Waals surface area contributed by atoms with E-state index in [0.717, 1.165) is 19.3 Å². The summed E-state index contributed by atoms with van der Waals surface area (Å²) in [6.07, 6.45) is 2.15. The molecule has 0 aliphatic carbocycles. The first kappa shape index (κ1) is 15.0. The van der Waals surface area contributed by atoms with E-state index in [2.05, 4.69) is 30.9 Å². The lowest BCUT2D eigenvalue weighted by Crippen LogP contribution is -2.40. The lowest BCUT2D eigenvalue weighted by molar-refractivity contribution is -0.174. The number of rotatable bonds is 4. The number of hydrogen-bond acceptors (Lipinski definition) is 5. The Hall–Kier alpha value is -1.39. The van der Waals surface area contributed by atoms with Gasteiger partial charge in [0.05, 0.1) is 5.92 Å². The molecule has 1 aliphatic heterocycles. The third kappa shape index (κ3) is 2.86. The second kappa shape index (κ2) is 5.54. The van der Waals surface area contributed by atoms with Crippen LogP contribution < -0.4 is 0 Å². The number of cyclic esters (lactones) is 1. The predicted octanol–water partition coefficient (Wildman–Crippen LogP) is 3.62. The van der Waals surface area contributed by atoms with Gasteiger partial charge in [-0.3, -0.25) is 4.79 Å². The highest BCUT2D eigenvalue weighted by Gasteiger charge is 2.45. The Morgan fingerprint density at radius 2 is 2.10 bits per heavy atom. The molecule has 1 aromatic rings. The summed E-state index contributed by atoms with van der Waals surface area (Å²) in [5, 5.41) is 3.94. The van der Waals surface area contributed by atoms with Crippen molar-refractivity contribution in [1.29, 1.82) is 0 Å². The maximum atomic E-state index is 12.2. The molecule has 0 saturated carbocycles. The van der Waals surface area contributed by atoms with Crippen molar-refractivity contribution in [2.24, 2.45) is 11.3 Å². The molecule has 2 unspecified atom stereocenters. The van der Waals surface area contributed by atoms with Gasteiger partial charge in [0.25, 0.3) is 5.89 Å². The highest BCUT2D eigenvalue weighted by molar-refractivity contribution is 5.74. The third-order valence-corrected chi connectivity index (χ3v) is 4.02. The van der Waals surface area contributed by atoms with Crippen LogP contribution in [-0.2, 0) is 9.53 Å². The van der Waals surface area contributed by atoms with Crippen molar-refractivity contribution in [1.82, 2.24) is 10.1 Å². The smallest absolute Gasteiger partial charge is 0.310 e. The highest BCUT2D eigenvalue weighted by Crippen LogP contribution is 2.45. The summed E-state index contributed by atoms with van der Waals surface area (Å²) in [5.74, 6) is 1.09. The van der Waals surface area contributed by atoms with Gasteiger partial charge in [-0.2, -0.15) is 4.98 Å². The van der Waals surface area contributed by atoms with Gasteiger partial charge in [0.2, 0.25) is 0 Å². The molecule has 5 nitrogen and oxygen atoms in total. The average molecular weight is 280 g/mol. The first-order valence-electron chi connectivity index (χ1n) is 7.39. The number of nitrogens with zero attached hydrogens (tertiary/aromatic N) is 2. The molecule has 5 heteroatoms.